The van der Waals surface area contributed by atoms with Crippen LogP contribution < -0.4 is 10.2 Å². The number of hydrogen-bond donors (Lipinski definition) is 2. The minimum absolute atomic E-state index is 0.0704. The Bertz CT molecular complexity index is 498. The van der Waals surface area contributed by atoms with Gasteiger partial charge in [-0.1, -0.05) is 50.3 Å². The van der Waals surface area contributed by atoms with E-state index in [1.54, 1.807) is 4.90 Å². The minimum atomic E-state index is -0.941. The first kappa shape index (κ1) is 17.3. The molecule has 0 atom stereocenters. The number of carboxylic acids is 1. The number of carbonyl (C=O) groups is 2. The van der Waals surface area contributed by atoms with Crippen molar-refractivity contribution in [3.8, 4) is 0 Å². The second-order valence-corrected chi connectivity index (χ2v) is 6.23. The van der Waals surface area contributed by atoms with Gasteiger partial charge in [-0.15, -0.1) is 0 Å². The fraction of sp³-hybridized carbons (Fsp3) is 0.556. The standard InChI is InChI=1S/C18H26N2O3/c21-17(19-12-11-15-7-3-1-4-8-15)13-20(14-18(22)23)16-9-5-2-6-10-16/h2,5-6,9-10,15H,1,3-4,7-8,11-14H2,(H,19,21)(H,22,23). The molecule has 1 fully saturated rings. The third-order valence-corrected chi connectivity index (χ3v) is 4.38. The van der Waals surface area contributed by atoms with Crippen LogP contribution in [0.3, 0.4) is 0 Å². The number of amides is 1. The highest BCUT2D eigenvalue weighted by Crippen LogP contribution is 2.25. The van der Waals surface area contributed by atoms with Gasteiger partial charge in [-0.05, 0) is 24.5 Å². The van der Waals surface area contributed by atoms with Crippen molar-refractivity contribution in [1.82, 2.24) is 5.32 Å². The highest BCUT2D eigenvalue weighted by molar-refractivity contribution is 5.84. The van der Waals surface area contributed by atoms with Gasteiger partial charge < -0.3 is 15.3 Å². The summed E-state index contributed by atoms with van der Waals surface area (Å²) in [5.41, 5.74) is 0.748. The molecular weight excluding hydrogens is 292 g/mol. The molecule has 23 heavy (non-hydrogen) atoms. The van der Waals surface area contributed by atoms with Gasteiger partial charge in [0.25, 0.3) is 0 Å². The topological polar surface area (TPSA) is 69.6 Å². The van der Waals surface area contributed by atoms with Crippen molar-refractivity contribution in [2.24, 2.45) is 5.92 Å². The molecule has 0 saturated heterocycles. The van der Waals surface area contributed by atoms with Gasteiger partial charge in [0, 0.05) is 12.2 Å². The molecule has 5 heteroatoms. The predicted molar refractivity (Wildman–Crippen MR) is 90.5 cm³/mol. The van der Waals surface area contributed by atoms with E-state index in [-0.39, 0.29) is 19.0 Å². The summed E-state index contributed by atoms with van der Waals surface area (Å²) in [6, 6.07) is 9.18. The van der Waals surface area contributed by atoms with Crippen LogP contribution in [0.1, 0.15) is 38.5 Å². The molecule has 1 amide bonds. The summed E-state index contributed by atoms with van der Waals surface area (Å²) in [6.07, 6.45) is 7.51. The van der Waals surface area contributed by atoms with E-state index in [1.807, 2.05) is 30.3 Å². The highest BCUT2D eigenvalue weighted by atomic mass is 16.4. The van der Waals surface area contributed by atoms with E-state index < -0.39 is 5.97 Å². The van der Waals surface area contributed by atoms with Gasteiger partial charge >= 0.3 is 5.97 Å². The molecule has 5 nitrogen and oxygen atoms in total. The lowest BCUT2D eigenvalue weighted by molar-refractivity contribution is -0.135. The summed E-state index contributed by atoms with van der Waals surface area (Å²) in [7, 11) is 0. The maximum atomic E-state index is 12.1. The summed E-state index contributed by atoms with van der Waals surface area (Å²) in [6.45, 7) is 0.570. The summed E-state index contributed by atoms with van der Waals surface area (Å²) in [5, 5.41) is 12.0. The molecule has 0 spiro atoms. The average molecular weight is 318 g/mol. The molecule has 2 rings (SSSR count). The number of carbonyl (C=O) groups excluding carboxylic acids is 1. The van der Waals surface area contributed by atoms with Crippen molar-refractivity contribution >= 4 is 17.6 Å². The van der Waals surface area contributed by atoms with E-state index in [0.717, 1.165) is 18.0 Å². The van der Waals surface area contributed by atoms with Crippen molar-refractivity contribution in [2.75, 3.05) is 24.5 Å². The van der Waals surface area contributed by atoms with Gasteiger partial charge in [0.15, 0.2) is 0 Å². The number of nitrogens with zero attached hydrogens (tertiary/aromatic N) is 1. The third-order valence-electron chi connectivity index (χ3n) is 4.38. The van der Waals surface area contributed by atoms with Crippen LogP contribution in [0, 0.1) is 5.92 Å². The maximum absolute atomic E-state index is 12.1. The predicted octanol–water partition coefficient (Wildman–Crippen LogP) is 2.66. The first-order chi connectivity index (χ1) is 11.1. The second kappa shape index (κ2) is 9.18. The van der Waals surface area contributed by atoms with E-state index >= 15 is 0 Å². The Labute approximate surface area is 137 Å². The first-order valence-electron chi connectivity index (χ1n) is 8.43. The lowest BCUT2D eigenvalue weighted by Crippen LogP contribution is -2.40. The third kappa shape index (κ3) is 6.30. The van der Waals surface area contributed by atoms with Crippen molar-refractivity contribution in [3.05, 3.63) is 30.3 Å². The Hall–Kier alpha value is -2.04. The molecule has 1 saturated carbocycles. The molecule has 1 aliphatic rings. The van der Waals surface area contributed by atoms with E-state index in [9.17, 15) is 9.59 Å². The summed E-state index contributed by atoms with van der Waals surface area (Å²) in [4.78, 5) is 24.7. The minimum Gasteiger partial charge on any atom is -0.480 e. The van der Waals surface area contributed by atoms with Crippen LogP contribution in [0.2, 0.25) is 0 Å². The normalized spacial score (nSPS) is 15.1. The molecular formula is C18H26N2O3. The molecule has 2 N–H and O–H groups in total. The zero-order chi connectivity index (χ0) is 16.5. The van der Waals surface area contributed by atoms with Crippen LogP contribution in [0.4, 0.5) is 5.69 Å². The van der Waals surface area contributed by atoms with Crippen LogP contribution in [-0.2, 0) is 9.59 Å². The first-order valence-corrected chi connectivity index (χ1v) is 8.43. The Kier molecular flexibility index (Phi) is 6.91. The van der Waals surface area contributed by atoms with E-state index in [1.165, 1.54) is 32.1 Å². The van der Waals surface area contributed by atoms with Crippen LogP contribution in [0.15, 0.2) is 30.3 Å². The van der Waals surface area contributed by atoms with Crippen LogP contribution >= 0.6 is 0 Å². The molecule has 0 radical (unpaired) electrons. The number of carboxylic acid groups (broad SMARTS) is 1. The molecule has 1 aromatic carbocycles. The maximum Gasteiger partial charge on any atom is 0.323 e. The number of aliphatic carboxylic acids is 1. The summed E-state index contributed by atoms with van der Waals surface area (Å²) in [5.74, 6) is -0.330. The van der Waals surface area contributed by atoms with Crippen molar-refractivity contribution in [1.29, 1.82) is 0 Å². The fourth-order valence-electron chi connectivity index (χ4n) is 3.16. The van der Waals surface area contributed by atoms with Gasteiger partial charge in [-0.2, -0.15) is 0 Å². The lowest BCUT2D eigenvalue weighted by atomic mass is 9.87. The van der Waals surface area contributed by atoms with Crippen molar-refractivity contribution in [3.63, 3.8) is 0 Å². The summed E-state index contributed by atoms with van der Waals surface area (Å²) >= 11 is 0. The second-order valence-electron chi connectivity index (χ2n) is 6.23. The Morgan fingerprint density at radius 3 is 2.43 bits per heavy atom. The number of rotatable bonds is 8. The van der Waals surface area contributed by atoms with Crippen molar-refractivity contribution in [2.45, 2.75) is 38.5 Å². The van der Waals surface area contributed by atoms with E-state index in [4.69, 9.17) is 5.11 Å². The monoisotopic (exact) mass is 318 g/mol. The fourth-order valence-corrected chi connectivity index (χ4v) is 3.16. The molecule has 0 heterocycles. The molecule has 0 unspecified atom stereocenters. The molecule has 0 aliphatic heterocycles. The van der Waals surface area contributed by atoms with E-state index in [0.29, 0.717) is 6.54 Å². The number of anilines is 1. The molecule has 0 bridgehead atoms. The smallest absolute Gasteiger partial charge is 0.323 e. The van der Waals surface area contributed by atoms with Crippen LogP contribution in [-0.4, -0.2) is 36.6 Å². The van der Waals surface area contributed by atoms with Gasteiger partial charge in [0.1, 0.15) is 6.54 Å². The van der Waals surface area contributed by atoms with Gasteiger partial charge in [0.2, 0.25) is 5.91 Å². The van der Waals surface area contributed by atoms with Crippen LogP contribution in [0.25, 0.3) is 0 Å². The largest absolute Gasteiger partial charge is 0.480 e. The number of benzene rings is 1. The highest BCUT2D eigenvalue weighted by Gasteiger charge is 2.16. The zero-order valence-electron chi connectivity index (χ0n) is 13.5. The molecule has 1 aromatic rings. The van der Waals surface area contributed by atoms with Gasteiger partial charge in [-0.3, -0.25) is 9.59 Å². The Morgan fingerprint density at radius 2 is 1.78 bits per heavy atom. The number of hydrogen-bond acceptors (Lipinski definition) is 3. The van der Waals surface area contributed by atoms with Crippen molar-refractivity contribution < 1.29 is 14.7 Å². The Morgan fingerprint density at radius 1 is 1.09 bits per heavy atom. The Balaban J connectivity index is 1.79. The van der Waals surface area contributed by atoms with Crippen LogP contribution in [0.5, 0.6) is 0 Å². The van der Waals surface area contributed by atoms with E-state index in [2.05, 4.69) is 5.32 Å². The molecule has 0 aromatic heterocycles. The lowest BCUT2D eigenvalue weighted by Gasteiger charge is -2.23. The number of nitrogens with one attached hydrogen (secondary N) is 1. The van der Waals surface area contributed by atoms with Gasteiger partial charge in [-0.25, -0.2) is 0 Å². The molecule has 1 aliphatic carbocycles. The zero-order valence-corrected chi connectivity index (χ0v) is 13.5. The SMILES string of the molecule is O=C(O)CN(CC(=O)NCCC1CCCCC1)c1ccccc1. The average Bonchev–Trinajstić information content (AvgIpc) is 2.56. The quantitative estimate of drug-likeness (QED) is 0.773. The summed E-state index contributed by atoms with van der Waals surface area (Å²) < 4.78 is 0. The van der Waals surface area contributed by atoms with Gasteiger partial charge in [0.05, 0.1) is 6.54 Å². The number of para-hydroxylation sites is 1. The molecule has 126 valence electrons.